The van der Waals surface area contributed by atoms with Gasteiger partial charge in [0.15, 0.2) is 0 Å². The number of carbonyl (C=O) groups is 1. The van der Waals surface area contributed by atoms with E-state index >= 15 is 0 Å². The molecular formula is C14H18FN2O7P. The van der Waals surface area contributed by atoms with E-state index in [-0.39, 0.29) is 41.2 Å². The monoisotopic (exact) mass is 376 g/mol. The number of hydrogen-bond acceptors (Lipinski definition) is 6. The number of allylic oxidation sites excluding steroid dienone is 1. The van der Waals surface area contributed by atoms with Gasteiger partial charge in [-0.2, -0.15) is 0 Å². The van der Waals surface area contributed by atoms with Crippen LogP contribution in [0.1, 0.15) is 23.2 Å². The largest absolute Gasteiger partial charge is 0.506 e. The van der Waals surface area contributed by atoms with E-state index in [2.05, 4.69) is 14.8 Å². The van der Waals surface area contributed by atoms with Gasteiger partial charge in [-0.25, -0.2) is 8.96 Å². The van der Waals surface area contributed by atoms with Crippen molar-refractivity contribution >= 4 is 13.8 Å². The van der Waals surface area contributed by atoms with Gasteiger partial charge in [0.2, 0.25) is 0 Å². The molecule has 2 atom stereocenters. The van der Waals surface area contributed by atoms with Crippen molar-refractivity contribution in [2.75, 3.05) is 0 Å². The van der Waals surface area contributed by atoms with Crippen LogP contribution in [0.5, 0.6) is 5.75 Å². The van der Waals surface area contributed by atoms with Crippen LogP contribution >= 0.6 is 7.82 Å². The second-order valence-corrected chi connectivity index (χ2v) is 6.82. The van der Waals surface area contributed by atoms with Crippen molar-refractivity contribution in [1.82, 2.24) is 10.3 Å². The summed E-state index contributed by atoms with van der Waals surface area (Å²) in [6.45, 7) is 0.936. The van der Waals surface area contributed by atoms with E-state index in [1.165, 1.54) is 19.2 Å². The highest BCUT2D eigenvalue weighted by molar-refractivity contribution is 7.46. The summed E-state index contributed by atoms with van der Waals surface area (Å²) in [7, 11) is -4.71. The van der Waals surface area contributed by atoms with Gasteiger partial charge in [0.05, 0.1) is 18.2 Å². The fraction of sp³-hybridized carbons (Fsp3) is 0.429. The second kappa shape index (κ2) is 7.49. The van der Waals surface area contributed by atoms with Gasteiger partial charge in [-0.15, -0.1) is 0 Å². The number of halogens is 1. The van der Waals surface area contributed by atoms with E-state index in [0.717, 1.165) is 0 Å². The van der Waals surface area contributed by atoms with Crippen LogP contribution in [0.3, 0.4) is 0 Å². The zero-order valence-electron chi connectivity index (χ0n) is 13.2. The molecule has 2 rings (SSSR count). The Morgan fingerprint density at radius 3 is 2.76 bits per heavy atom. The van der Waals surface area contributed by atoms with E-state index in [4.69, 9.17) is 14.9 Å². The Bertz CT molecular complexity index is 749. The molecule has 0 saturated carbocycles. The number of aliphatic carboxylic acids is 1. The maximum Gasteiger partial charge on any atom is 0.469 e. The van der Waals surface area contributed by atoms with Gasteiger partial charge in [-0.05, 0) is 13.0 Å². The Morgan fingerprint density at radius 1 is 1.52 bits per heavy atom. The lowest BCUT2D eigenvalue weighted by Gasteiger charge is -2.16. The molecule has 0 unspecified atom stereocenters. The maximum absolute atomic E-state index is 13.9. The van der Waals surface area contributed by atoms with Crippen LogP contribution in [0.15, 0.2) is 18.0 Å². The number of aromatic hydroxyl groups is 1. The summed E-state index contributed by atoms with van der Waals surface area (Å²) in [5, 5.41) is 21.8. The minimum atomic E-state index is -4.71. The van der Waals surface area contributed by atoms with Crippen molar-refractivity contribution in [3.8, 4) is 5.75 Å². The number of aryl methyl sites for hydroxylation is 1. The standard InChI is InChI=1S/C14H18FN2O7P/c1-7-13(18)10(9(4-16-7)6-24-25(21,22)23)5-17-12-3-8(14(19)20)2-11(12)15/h3-4,8,11,17-18H,2,5-6H2,1H3,(H,19,20)(H2,21,22,23)/t8-,11-/m1/s1. The van der Waals surface area contributed by atoms with Gasteiger partial charge in [0, 0.05) is 36.0 Å². The molecule has 9 nitrogen and oxygen atoms in total. The molecule has 0 fully saturated rings. The fourth-order valence-electron chi connectivity index (χ4n) is 2.43. The fourth-order valence-corrected chi connectivity index (χ4v) is 2.74. The van der Waals surface area contributed by atoms with Gasteiger partial charge in [0.25, 0.3) is 0 Å². The Hall–Kier alpha value is -2.00. The topological polar surface area (TPSA) is 149 Å². The van der Waals surface area contributed by atoms with Crippen LogP contribution in [0.25, 0.3) is 0 Å². The number of pyridine rings is 1. The molecule has 1 aromatic rings. The lowest BCUT2D eigenvalue weighted by Crippen LogP contribution is -2.19. The van der Waals surface area contributed by atoms with Gasteiger partial charge in [0.1, 0.15) is 11.9 Å². The molecule has 0 radical (unpaired) electrons. The van der Waals surface area contributed by atoms with Gasteiger partial charge >= 0.3 is 13.8 Å². The molecule has 0 aliphatic heterocycles. The normalized spacial score (nSPS) is 20.4. The quantitative estimate of drug-likeness (QED) is 0.441. The molecule has 1 aliphatic rings. The molecular weight excluding hydrogens is 358 g/mol. The molecule has 1 heterocycles. The molecule has 1 aliphatic carbocycles. The third-order valence-corrected chi connectivity index (χ3v) is 4.25. The van der Waals surface area contributed by atoms with Crippen molar-refractivity contribution < 1.29 is 38.3 Å². The molecule has 1 aromatic heterocycles. The predicted molar refractivity (Wildman–Crippen MR) is 83.0 cm³/mol. The summed E-state index contributed by atoms with van der Waals surface area (Å²) >= 11 is 0. The van der Waals surface area contributed by atoms with E-state index in [1.54, 1.807) is 0 Å². The van der Waals surface area contributed by atoms with Gasteiger partial charge < -0.3 is 25.3 Å². The number of phosphoric ester groups is 1. The number of nitrogens with one attached hydrogen (secondary N) is 1. The molecule has 138 valence electrons. The maximum atomic E-state index is 13.9. The molecule has 0 aromatic carbocycles. The SMILES string of the molecule is Cc1ncc(COP(=O)(O)O)c(CNC2=C[C@H](C(=O)O)C[C@H]2F)c1O. The Kier molecular flexibility index (Phi) is 5.79. The number of phosphoric acid groups is 1. The molecule has 11 heteroatoms. The summed E-state index contributed by atoms with van der Waals surface area (Å²) in [6.07, 6.45) is 0.912. The van der Waals surface area contributed by atoms with E-state index < -0.39 is 32.5 Å². The lowest BCUT2D eigenvalue weighted by molar-refractivity contribution is -0.140. The van der Waals surface area contributed by atoms with Crippen molar-refractivity contribution in [1.29, 1.82) is 0 Å². The van der Waals surface area contributed by atoms with Gasteiger partial charge in [-0.3, -0.25) is 14.3 Å². The van der Waals surface area contributed by atoms with E-state index in [9.17, 15) is 18.9 Å². The second-order valence-electron chi connectivity index (χ2n) is 5.58. The summed E-state index contributed by atoms with van der Waals surface area (Å²) in [4.78, 5) is 32.4. The zero-order chi connectivity index (χ0) is 18.8. The van der Waals surface area contributed by atoms with Crippen LogP contribution in [-0.2, 0) is 27.0 Å². The van der Waals surface area contributed by atoms with Crippen LogP contribution in [0.4, 0.5) is 4.39 Å². The molecule has 0 spiro atoms. The number of aromatic nitrogens is 1. The first-order valence-corrected chi connectivity index (χ1v) is 8.80. The Labute approximate surface area is 142 Å². The molecule has 5 N–H and O–H groups in total. The summed E-state index contributed by atoms with van der Waals surface area (Å²) < 4.78 is 29.1. The first-order chi connectivity index (χ1) is 11.6. The summed E-state index contributed by atoms with van der Waals surface area (Å²) in [6, 6.07) is 0. The molecule has 0 amide bonds. The first kappa shape index (κ1) is 19.3. The number of carboxylic acids is 1. The van der Waals surface area contributed by atoms with Crippen LogP contribution < -0.4 is 5.32 Å². The number of alkyl halides is 1. The molecule has 0 saturated heterocycles. The van der Waals surface area contributed by atoms with E-state index in [1.807, 2.05) is 0 Å². The highest BCUT2D eigenvalue weighted by atomic mass is 31.2. The van der Waals surface area contributed by atoms with Crippen molar-refractivity contribution in [3.63, 3.8) is 0 Å². The first-order valence-electron chi connectivity index (χ1n) is 7.27. The zero-order valence-corrected chi connectivity index (χ0v) is 14.1. The third-order valence-electron chi connectivity index (χ3n) is 3.78. The van der Waals surface area contributed by atoms with E-state index in [0.29, 0.717) is 0 Å². The van der Waals surface area contributed by atoms with Crippen molar-refractivity contribution in [3.05, 3.63) is 34.8 Å². The Morgan fingerprint density at radius 2 is 2.20 bits per heavy atom. The number of hydrogen-bond donors (Lipinski definition) is 5. The minimum absolute atomic E-state index is 0.0862. The molecule has 25 heavy (non-hydrogen) atoms. The summed E-state index contributed by atoms with van der Waals surface area (Å²) in [5.74, 6) is -2.27. The smallest absolute Gasteiger partial charge is 0.469 e. The highest BCUT2D eigenvalue weighted by Crippen LogP contribution is 2.38. The molecule has 0 bridgehead atoms. The summed E-state index contributed by atoms with van der Waals surface area (Å²) in [5.41, 5.74) is 0.802. The number of rotatable bonds is 7. The van der Waals surface area contributed by atoms with Crippen LogP contribution in [-0.4, -0.2) is 37.1 Å². The van der Waals surface area contributed by atoms with Gasteiger partial charge in [-0.1, -0.05) is 0 Å². The van der Waals surface area contributed by atoms with Crippen molar-refractivity contribution in [2.24, 2.45) is 5.92 Å². The lowest BCUT2D eigenvalue weighted by atomic mass is 10.1. The predicted octanol–water partition coefficient (Wildman–Crippen LogP) is 1.12. The number of nitrogens with zero attached hydrogens (tertiary/aromatic N) is 1. The Balaban J connectivity index is 2.18. The minimum Gasteiger partial charge on any atom is -0.506 e. The average molecular weight is 376 g/mol. The van der Waals surface area contributed by atoms with Crippen LogP contribution in [0, 0.1) is 12.8 Å². The highest BCUT2D eigenvalue weighted by Gasteiger charge is 2.31. The van der Waals surface area contributed by atoms with Crippen molar-refractivity contribution in [2.45, 2.75) is 32.7 Å². The average Bonchev–Trinajstić information content (AvgIpc) is 2.88. The third kappa shape index (κ3) is 4.99. The van der Waals surface area contributed by atoms with Crippen LogP contribution in [0.2, 0.25) is 0 Å². The number of carboxylic acid groups (broad SMARTS) is 1.